The van der Waals surface area contributed by atoms with Gasteiger partial charge in [0.2, 0.25) is 12.4 Å². The predicted octanol–water partition coefficient (Wildman–Crippen LogP) is -0.745. The van der Waals surface area contributed by atoms with Crippen molar-refractivity contribution in [1.82, 2.24) is 19.9 Å². The summed E-state index contributed by atoms with van der Waals surface area (Å²) in [5.74, 6) is -0.00771. The number of aromatic nitrogens is 3. The molecule has 0 saturated carbocycles. The number of nitrogens with two attached hydrogens (primary N) is 1. The molecule has 2 rings (SSSR count). The third-order valence-corrected chi connectivity index (χ3v) is 3.55. The number of hydrogen-bond acceptors (Lipinski definition) is 6. The zero-order chi connectivity index (χ0) is 13.8. The minimum absolute atomic E-state index is 0.00771. The monoisotopic (exact) mass is 283 g/mol. The topological polar surface area (TPSA) is 123 Å². The van der Waals surface area contributed by atoms with Gasteiger partial charge in [-0.05, 0) is 12.8 Å². The van der Waals surface area contributed by atoms with Crippen LogP contribution in [-0.4, -0.2) is 27.5 Å². The second kappa shape index (κ2) is 5.65. The van der Waals surface area contributed by atoms with E-state index in [4.69, 9.17) is 5.73 Å². The minimum Gasteiger partial charge on any atom is -0.369 e. The van der Waals surface area contributed by atoms with Crippen LogP contribution in [0.3, 0.4) is 0 Å². The van der Waals surface area contributed by atoms with Crippen molar-refractivity contribution >= 4 is 34.0 Å². The molecule has 8 nitrogen and oxygen atoms in total. The second-order valence-electron chi connectivity index (χ2n) is 3.90. The highest BCUT2D eigenvalue weighted by atomic mass is 32.1. The number of carbonyl (C=O) groups excluding carboxylic acids is 1. The van der Waals surface area contributed by atoms with Gasteiger partial charge < -0.3 is 11.1 Å². The normalized spacial score (nSPS) is 10.7. The van der Waals surface area contributed by atoms with Crippen LogP contribution in [0.4, 0.5) is 5.95 Å². The van der Waals surface area contributed by atoms with E-state index in [1.54, 1.807) is 0 Å². The first-order valence-corrected chi connectivity index (χ1v) is 6.51. The molecule has 2 aromatic heterocycles. The maximum atomic E-state index is 11.8. The molecule has 0 spiro atoms. The minimum atomic E-state index is -0.397. The molecule has 0 fully saturated rings. The van der Waals surface area contributed by atoms with Gasteiger partial charge in [0.1, 0.15) is 4.70 Å². The Hall–Kier alpha value is -2.16. The highest BCUT2D eigenvalue weighted by Crippen LogP contribution is 2.11. The number of aromatic amines is 1. The average molecular weight is 283 g/mol. The molecule has 0 unspecified atom stereocenters. The van der Waals surface area contributed by atoms with Crippen molar-refractivity contribution in [3.05, 3.63) is 20.0 Å². The van der Waals surface area contributed by atoms with Gasteiger partial charge in [-0.2, -0.15) is 4.98 Å². The van der Waals surface area contributed by atoms with E-state index in [1.165, 1.54) is 4.57 Å². The van der Waals surface area contributed by atoms with E-state index in [2.05, 4.69) is 15.3 Å². The van der Waals surface area contributed by atoms with E-state index in [1.807, 2.05) is 0 Å². The fraction of sp³-hybridized carbons (Fsp3) is 0.400. The summed E-state index contributed by atoms with van der Waals surface area (Å²) in [6.07, 6.45) is 2.07. The van der Waals surface area contributed by atoms with Gasteiger partial charge >= 0.3 is 4.87 Å². The van der Waals surface area contributed by atoms with Crippen molar-refractivity contribution in [3.63, 3.8) is 0 Å². The summed E-state index contributed by atoms with van der Waals surface area (Å²) < 4.78 is 1.72. The van der Waals surface area contributed by atoms with Crippen LogP contribution in [-0.2, 0) is 11.3 Å². The van der Waals surface area contributed by atoms with E-state index in [-0.39, 0.29) is 15.5 Å². The van der Waals surface area contributed by atoms with E-state index in [9.17, 15) is 14.4 Å². The number of hydrogen-bond donors (Lipinski definition) is 3. The highest BCUT2D eigenvalue weighted by Gasteiger charge is 2.12. The molecule has 0 bridgehead atoms. The molecule has 0 aliphatic carbocycles. The van der Waals surface area contributed by atoms with Gasteiger partial charge in [-0.25, -0.2) is 0 Å². The van der Waals surface area contributed by atoms with Crippen LogP contribution in [0.15, 0.2) is 9.59 Å². The molecule has 19 heavy (non-hydrogen) atoms. The van der Waals surface area contributed by atoms with E-state index < -0.39 is 5.56 Å². The molecule has 2 aromatic rings. The lowest BCUT2D eigenvalue weighted by molar-refractivity contribution is -0.109. The van der Waals surface area contributed by atoms with Gasteiger partial charge in [0.05, 0.1) is 0 Å². The van der Waals surface area contributed by atoms with Gasteiger partial charge in [-0.3, -0.25) is 23.9 Å². The maximum Gasteiger partial charge on any atom is 0.309 e. The number of unbranched alkanes of at least 4 members (excludes halogenated alkanes) is 1. The second-order valence-corrected chi connectivity index (χ2v) is 4.86. The summed E-state index contributed by atoms with van der Waals surface area (Å²) in [7, 11) is 0. The molecule has 0 aliphatic rings. The van der Waals surface area contributed by atoms with E-state index in [0.717, 1.165) is 17.8 Å². The van der Waals surface area contributed by atoms with Crippen LogP contribution < -0.4 is 21.5 Å². The zero-order valence-electron chi connectivity index (χ0n) is 10.0. The first-order valence-electron chi connectivity index (χ1n) is 5.69. The number of nitrogen functional groups attached to an aromatic ring is 1. The highest BCUT2D eigenvalue weighted by molar-refractivity contribution is 7.16. The summed E-state index contributed by atoms with van der Waals surface area (Å²) >= 11 is 0.856. The predicted molar refractivity (Wildman–Crippen MR) is 72.2 cm³/mol. The van der Waals surface area contributed by atoms with E-state index in [0.29, 0.717) is 31.6 Å². The Balaban J connectivity index is 2.23. The quantitative estimate of drug-likeness (QED) is 0.475. The number of carbonyl (C=O) groups is 1. The molecule has 9 heteroatoms. The Kier molecular flexibility index (Phi) is 3.95. The molecule has 0 radical (unpaired) electrons. The molecule has 0 saturated heterocycles. The Labute approximate surface area is 111 Å². The molecule has 0 atom stereocenters. The lowest BCUT2D eigenvalue weighted by Gasteiger charge is -2.03. The van der Waals surface area contributed by atoms with Gasteiger partial charge in [0.15, 0.2) is 5.65 Å². The third-order valence-electron chi connectivity index (χ3n) is 2.58. The van der Waals surface area contributed by atoms with Crippen molar-refractivity contribution < 1.29 is 4.79 Å². The van der Waals surface area contributed by atoms with Crippen LogP contribution in [0, 0.1) is 0 Å². The zero-order valence-corrected chi connectivity index (χ0v) is 10.8. The van der Waals surface area contributed by atoms with Crippen LogP contribution in [0.1, 0.15) is 12.8 Å². The van der Waals surface area contributed by atoms with Gasteiger partial charge in [-0.15, -0.1) is 0 Å². The summed E-state index contributed by atoms with van der Waals surface area (Å²) in [4.78, 5) is 39.6. The summed E-state index contributed by atoms with van der Waals surface area (Å²) in [5, 5.41) is 2.54. The lowest BCUT2D eigenvalue weighted by Crippen LogP contribution is -2.17. The van der Waals surface area contributed by atoms with Crippen LogP contribution in [0.5, 0.6) is 0 Å². The fourth-order valence-electron chi connectivity index (χ4n) is 1.72. The van der Waals surface area contributed by atoms with Gasteiger partial charge in [-0.1, -0.05) is 11.3 Å². The van der Waals surface area contributed by atoms with Gasteiger partial charge in [0, 0.05) is 13.1 Å². The Bertz CT molecular complexity index is 701. The summed E-state index contributed by atoms with van der Waals surface area (Å²) in [6, 6.07) is 0. The fourth-order valence-corrected chi connectivity index (χ4v) is 2.58. The van der Waals surface area contributed by atoms with Crippen molar-refractivity contribution in [2.45, 2.75) is 19.4 Å². The Morgan fingerprint density at radius 3 is 2.95 bits per heavy atom. The standard InChI is InChI=1S/C10H13N5O3S/c11-9-13-7-6(8(17)14-9)19-10(18)15(7)4-2-1-3-12-5-16/h5H,1-4H2,(H,12,16)(H3,11,13,14,17). The van der Waals surface area contributed by atoms with Gasteiger partial charge in [0.25, 0.3) is 5.56 Å². The molecule has 0 aliphatic heterocycles. The first-order chi connectivity index (χ1) is 9.13. The smallest absolute Gasteiger partial charge is 0.309 e. The number of thiazole rings is 1. The van der Waals surface area contributed by atoms with E-state index >= 15 is 0 Å². The molecular weight excluding hydrogens is 270 g/mol. The number of amides is 1. The molecular formula is C10H13N5O3S. The van der Waals surface area contributed by atoms with Crippen LogP contribution in [0.2, 0.25) is 0 Å². The lowest BCUT2D eigenvalue weighted by atomic mass is 10.3. The van der Waals surface area contributed by atoms with Crippen LogP contribution >= 0.6 is 11.3 Å². The Morgan fingerprint density at radius 2 is 2.21 bits per heavy atom. The maximum absolute atomic E-state index is 11.8. The molecule has 0 aromatic carbocycles. The number of H-pyrrole nitrogens is 1. The number of rotatable bonds is 6. The molecule has 102 valence electrons. The number of aryl methyl sites for hydroxylation is 1. The van der Waals surface area contributed by atoms with Crippen molar-refractivity contribution in [2.24, 2.45) is 0 Å². The van der Waals surface area contributed by atoms with Crippen molar-refractivity contribution in [1.29, 1.82) is 0 Å². The number of fused-ring (bicyclic) bond motifs is 1. The summed E-state index contributed by atoms with van der Waals surface area (Å²) in [6.45, 7) is 0.992. The van der Waals surface area contributed by atoms with Crippen molar-refractivity contribution in [2.75, 3.05) is 12.3 Å². The van der Waals surface area contributed by atoms with Crippen LogP contribution in [0.25, 0.3) is 10.3 Å². The third kappa shape index (κ3) is 2.81. The summed E-state index contributed by atoms with van der Waals surface area (Å²) in [5.41, 5.74) is 5.39. The average Bonchev–Trinajstić information content (AvgIpc) is 2.67. The molecule has 2 heterocycles. The number of nitrogens with one attached hydrogen (secondary N) is 2. The molecule has 4 N–H and O–H groups in total. The molecule has 1 amide bonds. The SMILES string of the molecule is Nc1nc2c(sc(=O)n2CCCCNC=O)c(=O)[nH]1. The first kappa shape index (κ1) is 13.3. The Morgan fingerprint density at radius 1 is 1.42 bits per heavy atom. The number of anilines is 1. The number of nitrogens with zero attached hydrogens (tertiary/aromatic N) is 2. The van der Waals surface area contributed by atoms with Crippen molar-refractivity contribution in [3.8, 4) is 0 Å². The largest absolute Gasteiger partial charge is 0.369 e.